The van der Waals surface area contributed by atoms with Gasteiger partial charge in [-0.15, -0.1) is 11.3 Å². The van der Waals surface area contributed by atoms with Gasteiger partial charge in [0.15, 0.2) is 0 Å². The molecule has 1 aromatic heterocycles. The fourth-order valence-corrected chi connectivity index (χ4v) is 3.66. The molecule has 0 bridgehead atoms. The first kappa shape index (κ1) is 16.7. The van der Waals surface area contributed by atoms with Crippen molar-refractivity contribution in [2.75, 3.05) is 0 Å². The van der Waals surface area contributed by atoms with E-state index in [1.54, 1.807) is 11.3 Å². The number of rotatable bonds is 10. The second kappa shape index (κ2) is 9.57. The number of thiophene rings is 1. The van der Waals surface area contributed by atoms with E-state index in [9.17, 15) is 10.0 Å². The van der Waals surface area contributed by atoms with Gasteiger partial charge in [0.05, 0.1) is 0 Å². The number of hydrogen-bond donors (Lipinski definition) is 2. The Morgan fingerprint density at radius 2 is 1.63 bits per heavy atom. The maximum absolute atomic E-state index is 9.45. The zero-order chi connectivity index (χ0) is 14.1. The van der Waals surface area contributed by atoms with Gasteiger partial charge in [-0.2, -0.15) is 0 Å². The standard InChI is InChI=1S/C15H27BO2S/c1-3-5-7-9-13(10-8-6-4-2)15-14(16(17)18)11-12-19-15/h11-13,17-18H,3-10H2,1-2H3. The highest BCUT2D eigenvalue weighted by molar-refractivity contribution is 7.11. The summed E-state index contributed by atoms with van der Waals surface area (Å²) in [7, 11) is -1.32. The van der Waals surface area contributed by atoms with E-state index in [-0.39, 0.29) is 0 Å². The largest absolute Gasteiger partial charge is 0.489 e. The lowest BCUT2D eigenvalue weighted by Crippen LogP contribution is -2.32. The molecule has 0 spiro atoms. The van der Waals surface area contributed by atoms with Crippen molar-refractivity contribution in [1.82, 2.24) is 0 Å². The van der Waals surface area contributed by atoms with Crippen LogP contribution in [0.1, 0.15) is 76.0 Å². The fraction of sp³-hybridized carbons (Fsp3) is 0.733. The van der Waals surface area contributed by atoms with Crippen molar-refractivity contribution >= 4 is 23.9 Å². The van der Waals surface area contributed by atoms with Crippen molar-refractivity contribution in [1.29, 1.82) is 0 Å². The first-order valence-electron chi connectivity index (χ1n) is 7.64. The monoisotopic (exact) mass is 282 g/mol. The van der Waals surface area contributed by atoms with Crippen LogP contribution in [0.3, 0.4) is 0 Å². The molecule has 4 heteroatoms. The minimum atomic E-state index is -1.32. The zero-order valence-corrected chi connectivity index (χ0v) is 13.1. The predicted octanol–water partition coefficient (Wildman–Crippen LogP) is 3.67. The second-order valence-corrected chi connectivity index (χ2v) is 6.25. The lowest BCUT2D eigenvalue weighted by molar-refractivity contribution is 0.424. The van der Waals surface area contributed by atoms with E-state index >= 15 is 0 Å². The molecule has 1 heterocycles. The van der Waals surface area contributed by atoms with Crippen molar-refractivity contribution in [2.24, 2.45) is 0 Å². The topological polar surface area (TPSA) is 40.5 Å². The molecule has 19 heavy (non-hydrogen) atoms. The smallest absolute Gasteiger partial charge is 0.423 e. The van der Waals surface area contributed by atoms with E-state index < -0.39 is 7.12 Å². The molecule has 0 aliphatic rings. The highest BCUT2D eigenvalue weighted by Crippen LogP contribution is 2.30. The molecular weight excluding hydrogens is 255 g/mol. The van der Waals surface area contributed by atoms with Gasteiger partial charge in [0.1, 0.15) is 0 Å². The summed E-state index contributed by atoms with van der Waals surface area (Å²) in [6.07, 6.45) is 9.86. The molecule has 0 saturated heterocycles. The van der Waals surface area contributed by atoms with Crippen LogP contribution in [0.4, 0.5) is 0 Å². The third-order valence-corrected chi connectivity index (χ3v) is 4.78. The second-order valence-electron chi connectivity index (χ2n) is 5.30. The highest BCUT2D eigenvalue weighted by Gasteiger charge is 2.22. The van der Waals surface area contributed by atoms with Gasteiger partial charge in [-0.3, -0.25) is 0 Å². The average molecular weight is 282 g/mol. The van der Waals surface area contributed by atoms with Crippen LogP contribution in [0.2, 0.25) is 0 Å². The molecule has 0 amide bonds. The Hall–Kier alpha value is -0.315. The molecule has 1 rings (SSSR count). The summed E-state index contributed by atoms with van der Waals surface area (Å²) in [6.45, 7) is 4.44. The predicted molar refractivity (Wildman–Crippen MR) is 85.2 cm³/mol. The molecule has 0 radical (unpaired) electrons. The van der Waals surface area contributed by atoms with E-state index in [4.69, 9.17) is 0 Å². The Labute approximate surface area is 122 Å². The number of unbranched alkanes of at least 4 members (excludes halogenated alkanes) is 4. The van der Waals surface area contributed by atoms with Gasteiger partial charge in [-0.05, 0) is 29.6 Å². The van der Waals surface area contributed by atoms with Gasteiger partial charge in [0, 0.05) is 4.88 Å². The first-order chi connectivity index (χ1) is 9.20. The first-order valence-corrected chi connectivity index (χ1v) is 8.52. The van der Waals surface area contributed by atoms with Gasteiger partial charge in [-0.25, -0.2) is 0 Å². The van der Waals surface area contributed by atoms with Crippen LogP contribution in [-0.2, 0) is 0 Å². The number of hydrogen-bond acceptors (Lipinski definition) is 3. The van der Waals surface area contributed by atoms with Crippen molar-refractivity contribution in [3.63, 3.8) is 0 Å². The Balaban J connectivity index is 2.67. The maximum atomic E-state index is 9.45. The van der Waals surface area contributed by atoms with E-state index in [1.165, 1.54) is 56.2 Å². The van der Waals surface area contributed by atoms with Crippen LogP contribution in [-0.4, -0.2) is 17.2 Å². The van der Waals surface area contributed by atoms with Crippen LogP contribution in [0.25, 0.3) is 0 Å². The molecule has 0 aliphatic heterocycles. The van der Waals surface area contributed by atoms with Crippen LogP contribution < -0.4 is 5.46 Å². The minimum Gasteiger partial charge on any atom is -0.423 e. The van der Waals surface area contributed by atoms with E-state index in [0.29, 0.717) is 5.92 Å². The molecule has 108 valence electrons. The summed E-state index contributed by atoms with van der Waals surface area (Å²) in [5.74, 6) is 0.509. The molecule has 0 fully saturated rings. The van der Waals surface area contributed by atoms with Crippen molar-refractivity contribution in [2.45, 2.75) is 71.1 Å². The Bertz CT molecular complexity index is 329. The van der Waals surface area contributed by atoms with Gasteiger partial charge in [0.25, 0.3) is 0 Å². The molecule has 1 aromatic rings. The van der Waals surface area contributed by atoms with E-state index in [0.717, 1.165) is 5.46 Å². The Morgan fingerprint density at radius 3 is 2.11 bits per heavy atom. The average Bonchev–Trinajstić information content (AvgIpc) is 2.86. The fourth-order valence-electron chi connectivity index (χ4n) is 2.56. The third kappa shape index (κ3) is 5.68. The zero-order valence-electron chi connectivity index (χ0n) is 12.3. The quantitative estimate of drug-likeness (QED) is 0.508. The van der Waals surface area contributed by atoms with E-state index in [1.807, 2.05) is 11.4 Å². The van der Waals surface area contributed by atoms with Crippen molar-refractivity contribution < 1.29 is 10.0 Å². The summed E-state index contributed by atoms with van der Waals surface area (Å²) in [4.78, 5) is 1.20. The molecule has 0 atom stereocenters. The van der Waals surface area contributed by atoms with Crippen molar-refractivity contribution in [3.05, 3.63) is 16.3 Å². The molecule has 0 aliphatic carbocycles. The summed E-state index contributed by atoms with van der Waals surface area (Å²) in [6, 6.07) is 1.86. The Kier molecular flexibility index (Phi) is 8.43. The van der Waals surface area contributed by atoms with Crippen LogP contribution in [0.15, 0.2) is 11.4 Å². The molecule has 0 unspecified atom stereocenters. The molecule has 0 saturated carbocycles. The SMILES string of the molecule is CCCCCC(CCCCC)c1sccc1B(O)O. The van der Waals surface area contributed by atoms with Gasteiger partial charge in [-0.1, -0.05) is 58.4 Å². The minimum absolute atomic E-state index is 0.509. The Morgan fingerprint density at radius 1 is 1.05 bits per heavy atom. The van der Waals surface area contributed by atoms with Crippen LogP contribution >= 0.6 is 11.3 Å². The summed E-state index contributed by atoms with van der Waals surface area (Å²) in [5.41, 5.74) is 0.725. The molecule has 2 nitrogen and oxygen atoms in total. The molecular formula is C15H27BO2S. The van der Waals surface area contributed by atoms with Crippen molar-refractivity contribution in [3.8, 4) is 0 Å². The summed E-state index contributed by atoms with van der Waals surface area (Å²) >= 11 is 1.68. The lowest BCUT2D eigenvalue weighted by atomic mass is 9.77. The maximum Gasteiger partial charge on any atom is 0.489 e. The van der Waals surface area contributed by atoms with Gasteiger partial charge in [0.2, 0.25) is 0 Å². The van der Waals surface area contributed by atoms with E-state index in [2.05, 4.69) is 13.8 Å². The van der Waals surface area contributed by atoms with Crippen LogP contribution in [0, 0.1) is 0 Å². The third-order valence-electron chi connectivity index (χ3n) is 3.69. The summed E-state index contributed by atoms with van der Waals surface area (Å²) < 4.78 is 0. The normalized spacial score (nSPS) is 11.2. The highest BCUT2D eigenvalue weighted by atomic mass is 32.1. The molecule has 0 aromatic carbocycles. The lowest BCUT2D eigenvalue weighted by Gasteiger charge is -2.17. The van der Waals surface area contributed by atoms with Gasteiger partial charge < -0.3 is 10.0 Å². The van der Waals surface area contributed by atoms with Crippen LogP contribution in [0.5, 0.6) is 0 Å². The summed E-state index contributed by atoms with van der Waals surface area (Å²) in [5, 5.41) is 20.9. The van der Waals surface area contributed by atoms with Gasteiger partial charge >= 0.3 is 7.12 Å². The molecule has 2 N–H and O–H groups in total.